The predicted molar refractivity (Wildman–Crippen MR) is 99.9 cm³/mol. The lowest BCUT2D eigenvalue weighted by molar-refractivity contribution is 0.102. The Hall–Kier alpha value is -3.05. The van der Waals surface area contributed by atoms with E-state index in [1.54, 1.807) is 49.7 Å². The van der Waals surface area contributed by atoms with E-state index in [1.165, 1.54) is 0 Å². The summed E-state index contributed by atoms with van der Waals surface area (Å²) in [4.78, 5) is 16.9. The first-order chi connectivity index (χ1) is 12.2. The maximum Gasteiger partial charge on any atom is 0.259 e. The van der Waals surface area contributed by atoms with Crippen LogP contribution in [0, 0.1) is 0 Å². The van der Waals surface area contributed by atoms with Crippen LogP contribution in [0.1, 0.15) is 10.4 Å². The average molecular weight is 354 g/mol. The highest BCUT2D eigenvalue weighted by Gasteiger charge is 2.14. The Morgan fingerprint density at radius 3 is 2.72 bits per heavy atom. The Morgan fingerprint density at radius 1 is 1.08 bits per heavy atom. The molecule has 6 heteroatoms. The molecule has 0 saturated heterocycles. The molecule has 0 aliphatic heterocycles. The van der Waals surface area contributed by atoms with Gasteiger partial charge >= 0.3 is 0 Å². The van der Waals surface area contributed by atoms with Crippen LogP contribution in [0.3, 0.4) is 0 Å². The molecule has 3 rings (SSSR count). The quantitative estimate of drug-likeness (QED) is 0.695. The summed E-state index contributed by atoms with van der Waals surface area (Å²) >= 11 is 5.96. The molecule has 1 aromatic heterocycles. The van der Waals surface area contributed by atoms with Gasteiger partial charge in [-0.1, -0.05) is 29.8 Å². The van der Waals surface area contributed by atoms with Crippen LogP contribution < -0.4 is 15.4 Å². The second-order valence-corrected chi connectivity index (χ2v) is 5.63. The molecular formula is C19H16ClN3O2. The van der Waals surface area contributed by atoms with Gasteiger partial charge in [0.1, 0.15) is 11.6 Å². The summed E-state index contributed by atoms with van der Waals surface area (Å²) in [5.41, 5.74) is 1.75. The first-order valence-electron chi connectivity index (χ1n) is 7.59. The number of halogens is 1. The fourth-order valence-corrected chi connectivity index (χ4v) is 2.52. The number of hydrogen-bond donors (Lipinski definition) is 2. The van der Waals surface area contributed by atoms with Crippen molar-refractivity contribution in [3.63, 3.8) is 0 Å². The lowest BCUT2D eigenvalue weighted by atomic mass is 10.2. The van der Waals surface area contributed by atoms with Gasteiger partial charge in [-0.3, -0.25) is 4.79 Å². The third kappa shape index (κ3) is 4.08. The van der Waals surface area contributed by atoms with Crippen molar-refractivity contribution in [2.45, 2.75) is 0 Å². The van der Waals surface area contributed by atoms with Crippen LogP contribution in [0.25, 0.3) is 0 Å². The van der Waals surface area contributed by atoms with Crippen molar-refractivity contribution in [1.82, 2.24) is 4.98 Å². The van der Waals surface area contributed by atoms with Crippen molar-refractivity contribution in [2.24, 2.45) is 0 Å². The zero-order chi connectivity index (χ0) is 17.6. The summed E-state index contributed by atoms with van der Waals surface area (Å²) in [7, 11) is 1.59. The van der Waals surface area contributed by atoms with Crippen LogP contribution >= 0.6 is 11.6 Å². The number of carbonyl (C=O) groups excluding carboxylic acids is 1. The van der Waals surface area contributed by atoms with Crippen LogP contribution in [0.2, 0.25) is 5.02 Å². The van der Waals surface area contributed by atoms with Crippen LogP contribution in [0.4, 0.5) is 17.2 Å². The van der Waals surface area contributed by atoms with Gasteiger partial charge < -0.3 is 15.4 Å². The van der Waals surface area contributed by atoms with Gasteiger partial charge in [-0.25, -0.2) is 4.98 Å². The van der Waals surface area contributed by atoms with Crippen molar-refractivity contribution >= 4 is 34.7 Å². The van der Waals surface area contributed by atoms with Gasteiger partial charge in [0.25, 0.3) is 5.91 Å². The number of nitrogens with zero attached hydrogens (tertiary/aromatic N) is 1. The number of ether oxygens (including phenoxy) is 1. The van der Waals surface area contributed by atoms with Crippen LogP contribution in [-0.2, 0) is 0 Å². The molecule has 3 aromatic rings. The number of pyridine rings is 1. The van der Waals surface area contributed by atoms with Crippen molar-refractivity contribution in [1.29, 1.82) is 0 Å². The highest BCUT2D eigenvalue weighted by Crippen LogP contribution is 2.28. The van der Waals surface area contributed by atoms with E-state index in [-0.39, 0.29) is 5.91 Å². The highest BCUT2D eigenvalue weighted by molar-refractivity contribution is 6.31. The smallest absolute Gasteiger partial charge is 0.259 e. The van der Waals surface area contributed by atoms with Gasteiger partial charge in [-0.2, -0.15) is 0 Å². The Kier molecular flexibility index (Phi) is 5.16. The Balaban J connectivity index is 1.86. The number of amides is 1. The average Bonchev–Trinajstić information content (AvgIpc) is 2.62. The van der Waals surface area contributed by atoms with Gasteiger partial charge in [-0.05, 0) is 42.5 Å². The maximum absolute atomic E-state index is 12.6. The monoisotopic (exact) mass is 353 g/mol. The lowest BCUT2D eigenvalue weighted by Gasteiger charge is -2.13. The van der Waals surface area contributed by atoms with Gasteiger partial charge in [0.2, 0.25) is 0 Å². The molecule has 0 fully saturated rings. The second-order valence-electron chi connectivity index (χ2n) is 5.19. The standard InChI is InChI=1S/C19H16ClN3O2/c1-25-17-10-3-2-9-16(17)23-18-15(8-5-11-21-18)19(24)22-14-7-4-6-13(20)12-14/h2-12H,1H3,(H,21,23)(H,22,24). The van der Waals surface area contributed by atoms with Crippen molar-refractivity contribution in [3.05, 3.63) is 77.4 Å². The minimum Gasteiger partial charge on any atom is -0.495 e. The van der Waals surface area contributed by atoms with Crippen LogP contribution in [0.5, 0.6) is 5.75 Å². The zero-order valence-electron chi connectivity index (χ0n) is 13.5. The molecule has 0 aliphatic rings. The predicted octanol–water partition coefficient (Wildman–Crippen LogP) is 4.74. The van der Waals surface area contributed by atoms with E-state index >= 15 is 0 Å². The fraction of sp³-hybridized carbons (Fsp3) is 0.0526. The molecule has 1 amide bonds. The van der Waals surface area contributed by atoms with Crippen molar-refractivity contribution in [3.8, 4) is 5.75 Å². The number of hydrogen-bond acceptors (Lipinski definition) is 4. The number of benzene rings is 2. The van der Waals surface area contributed by atoms with Crippen molar-refractivity contribution < 1.29 is 9.53 Å². The van der Waals surface area contributed by atoms with E-state index in [0.29, 0.717) is 27.8 Å². The van der Waals surface area contributed by atoms with Gasteiger partial charge in [0.15, 0.2) is 0 Å². The SMILES string of the molecule is COc1ccccc1Nc1ncccc1C(=O)Nc1cccc(Cl)c1. The van der Waals surface area contributed by atoms with E-state index in [2.05, 4.69) is 15.6 Å². The molecule has 0 saturated carbocycles. The normalized spacial score (nSPS) is 10.2. The second kappa shape index (κ2) is 7.68. The molecule has 2 N–H and O–H groups in total. The largest absolute Gasteiger partial charge is 0.495 e. The third-order valence-electron chi connectivity index (χ3n) is 3.49. The third-order valence-corrected chi connectivity index (χ3v) is 3.73. The first-order valence-corrected chi connectivity index (χ1v) is 7.97. The van der Waals surface area contributed by atoms with E-state index in [0.717, 1.165) is 5.69 Å². The lowest BCUT2D eigenvalue weighted by Crippen LogP contribution is -2.14. The first kappa shape index (κ1) is 16.8. The number of para-hydroxylation sites is 2. The Labute approximate surface area is 150 Å². The molecule has 0 radical (unpaired) electrons. The van der Waals surface area contributed by atoms with Crippen molar-refractivity contribution in [2.75, 3.05) is 17.7 Å². The van der Waals surface area contributed by atoms with Gasteiger partial charge in [0, 0.05) is 16.9 Å². The van der Waals surface area contributed by atoms with Gasteiger partial charge in [-0.15, -0.1) is 0 Å². The summed E-state index contributed by atoms with van der Waals surface area (Å²) in [6.07, 6.45) is 1.62. The molecule has 2 aromatic carbocycles. The molecule has 25 heavy (non-hydrogen) atoms. The summed E-state index contributed by atoms with van der Waals surface area (Å²) in [6, 6.07) is 17.8. The fourth-order valence-electron chi connectivity index (χ4n) is 2.33. The number of rotatable bonds is 5. The Bertz CT molecular complexity index is 899. The molecule has 0 bridgehead atoms. The number of methoxy groups -OCH3 is 1. The molecule has 0 spiro atoms. The molecule has 0 unspecified atom stereocenters. The number of carbonyl (C=O) groups is 1. The molecule has 5 nitrogen and oxygen atoms in total. The number of anilines is 3. The summed E-state index contributed by atoms with van der Waals surface area (Å²) in [5, 5.41) is 6.52. The molecule has 0 aliphatic carbocycles. The molecule has 0 atom stereocenters. The highest BCUT2D eigenvalue weighted by atomic mass is 35.5. The zero-order valence-corrected chi connectivity index (χ0v) is 14.2. The van der Waals surface area contributed by atoms with Crippen LogP contribution in [-0.4, -0.2) is 18.0 Å². The van der Waals surface area contributed by atoms with E-state index in [9.17, 15) is 4.79 Å². The topological polar surface area (TPSA) is 63.2 Å². The summed E-state index contributed by atoms with van der Waals surface area (Å²) in [5.74, 6) is 0.814. The van der Waals surface area contributed by atoms with E-state index in [4.69, 9.17) is 16.3 Å². The van der Waals surface area contributed by atoms with E-state index < -0.39 is 0 Å². The van der Waals surface area contributed by atoms with Crippen LogP contribution in [0.15, 0.2) is 66.9 Å². The Morgan fingerprint density at radius 2 is 1.92 bits per heavy atom. The minimum atomic E-state index is -0.284. The summed E-state index contributed by atoms with van der Waals surface area (Å²) in [6.45, 7) is 0. The summed E-state index contributed by atoms with van der Waals surface area (Å²) < 4.78 is 5.32. The molecular weight excluding hydrogens is 338 g/mol. The minimum absolute atomic E-state index is 0.284. The number of nitrogens with one attached hydrogen (secondary N) is 2. The maximum atomic E-state index is 12.6. The van der Waals surface area contributed by atoms with Gasteiger partial charge in [0.05, 0.1) is 18.4 Å². The number of aromatic nitrogens is 1. The molecule has 126 valence electrons. The van der Waals surface area contributed by atoms with E-state index in [1.807, 2.05) is 24.3 Å². The molecule has 1 heterocycles.